The molecule has 0 spiro atoms. The van der Waals surface area contributed by atoms with Crippen LogP contribution in [0.15, 0.2) is 77.6 Å². The van der Waals surface area contributed by atoms with Gasteiger partial charge >= 0.3 is 0 Å². The number of rotatable bonds is 8. The predicted octanol–water partition coefficient (Wildman–Crippen LogP) is 5.47. The van der Waals surface area contributed by atoms with Crippen LogP contribution in [0.25, 0.3) is 0 Å². The molecule has 0 saturated carbocycles. The molecule has 252 valence electrons. The van der Waals surface area contributed by atoms with E-state index in [4.69, 9.17) is 28.8 Å². The molecule has 3 aliphatic rings. The lowest BCUT2D eigenvalue weighted by Crippen LogP contribution is -2.39. The zero-order valence-corrected chi connectivity index (χ0v) is 27.5. The number of fused-ring (bicyclic) bond motifs is 1. The number of hydrogen-bond acceptors (Lipinski definition) is 9. The summed E-state index contributed by atoms with van der Waals surface area (Å²) < 4.78 is 20.9. The molecule has 0 radical (unpaired) electrons. The summed E-state index contributed by atoms with van der Waals surface area (Å²) in [7, 11) is 6.56. The van der Waals surface area contributed by atoms with E-state index in [0.29, 0.717) is 17.5 Å². The molecule has 2 aliphatic heterocycles. The molecule has 3 aromatic rings. The Labute approximate surface area is 276 Å². The molecule has 2 unspecified atom stereocenters. The number of benzene rings is 3. The van der Waals surface area contributed by atoms with Gasteiger partial charge in [0, 0.05) is 18.5 Å². The fourth-order valence-corrected chi connectivity index (χ4v) is 6.41. The Morgan fingerprint density at radius 2 is 1.36 bits per heavy atom. The number of carbonyl (C=O) groups is 1. The maximum Gasteiger partial charge on any atom is 0.290 e. The van der Waals surface area contributed by atoms with Crippen molar-refractivity contribution in [3.8, 4) is 28.7 Å². The van der Waals surface area contributed by atoms with Gasteiger partial charge in [-0.25, -0.2) is 0 Å². The van der Waals surface area contributed by atoms with E-state index in [1.807, 2.05) is 30.3 Å². The molecule has 0 amide bonds. The molecule has 47 heavy (non-hydrogen) atoms. The molecule has 1 aliphatic carbocycles. The van der Waals surface area contributed by atoms with Crippen molar-refractivity contribution in [1.29, 1.82) is 0 Å². The van der Waals surface area contributed by atoms with Gasteiger partial charge in [-0.05, 0) is 115 Å². The van der Waals surface area contributed by atoms with E-state index in [1.54, 1.807) is 40.6 Å². The number of carboxylic acid groups (broad SMARTS) is 1. The molecular formula is C37H46N2O8. The average Bonchev–Trinajstić information content (AvgIpc) is 3.09. The van der Waals surface area contributed by atoms with Crippen LogP contribution in [0.1, 0.15) is 47.6 Å². The predicted molar refractivity (Wildman–Crippen MR) is 181 cm³/mol. The van der Waals surface area contributed by atoms with E-state index >= 15 is 0 Å². The Hall–Kier alpha value is -4.67. The van der Waals surface area contributed by atoms with Crippen LogP contribution in [0.3, 0.4) is 0 Å². The zero-order chi connectivity index (χ0) is 33.8. The highest BCUT2D eigenvalue weighted by molar-refractivity contribution is 5.45. The van der Waals surface area contributed by atoms with Crippen LogP contribution in [-0.4, -0.2) is 69.4 Å². The third-order valence-electron chi connectivity index (χ3n) is 8.77. The van der Waals surface area contributed by atoms with E-state index in [9.17, 15) is 10.2 Å². The minimum atomic E-state index is -0.250. The summed E-state index contributed by atoms with van der Waals surface area (Å²) >= 11 is 0. The summed E-state index contributed by atoms with van der Waals surface area (Å²) in [5.41, 5.74) is 7.84. The first-order valence-electron chi connectivity index (χ1n) is 15.7. The van der Waals surface area contributed by atoms with E-state index in [1.165, 1.54) is 22.3 Å². The summed E-state index contributed by atoms with van der Waals surface area (Å²) in [4.78, 5) is 8.36. The van der Waals surface area contributed by atoms with Crippen LogP contribution in [-0.2, 0) is 28.8 Å². The van der Waals surface area contributed by atoms with Crippen LogP contribution in [0.2, 0.25) is 0 Å². The number of allylic oxidation sites excluding steroid dienone is 2. The van der Waals surface area contributed by atoms with Gasteiger partial charge in [0.15, 0.2) is 23.0 Å². The summed E-state index contributed by atoms with van der Waals surface area (Å²) in [5, 5.41) is 33.9. The number of hydrogen-bond donors (Lipinski definition) is 5. The fraction of sp³-hybridized carbons (Fsp3) is 0.378. The summed E-state index contributed by atoms with van der Waals surface area (Å²) in [6.07, 6.45) is 7.90. The van der Waals surface area contributed by atoms with Crippen LogP contribution in [0, 0.1) is 0 Å². The molecule has 2 atom stereocenters. The molecule has 0 saturated heterocycles. The molecule has 2 heterocycles. The van der Waals surface area contributed by atoms with Crippen molar-refractivity contribution in [2.45, 2.75) is 50.6 Å². The summed E-state index contributed by atoms with van der Waals surface area (Å²) in [5.74, 6) is 3.40. The van der Waals surface area contributed by atoms with Crippen molar-refractivity contribution in [1.82, 2.24) is 10.6 Å². The summed E-state index contributed by atoms with van der Waals surface area (Å²) in [6, 6.07) is 18.1. The lowest BCUT2D eigenvalue weighted by Gasteiger charge is -2.32. The molecular weight excluding hydrogens is 600 g/mol. The van der Waals surface area contributed by atoms with Gasteiger partial charge in [-0.3, -0.25) is 4.79 Å². The molecule has 0 fully saturated rings. The normalized spacial score (nSPS) is 18.1. The molecule has 3 aromatic carbocycles. The highest BCUT2D eigenvalue weighted by atomic mass is 16.5. The van der Waals surface area contributed by atoms with Gasteiger partial charge in [0.25, 0.3) is 6.47 Å². The van der Waals surface area contributed by atoms with Gasteiger partial charge in [-0.2, -0.15) is 0 Å². The number of nitrogens with one attached hydrogen (secondary N) is 2. The molecule has 10 nitrogen and oxygen atoms in total. The third-order valence-corrected chi connectivity index (χ3v) is 8.77. The summed E-state index contributed by atoms with van der Waals surface area (Å²) in [6.45, 7) is 1.70. The van der Waals surface area contributed by atoms with E-state index in [-0.39, 0.29) is 24.0 Å². The van der Waals surface area contributed by atoms with Crippen LogP contribution >= 0.6 is 0 Å². The van der Waals surface area contributed by atoms with Crippen molar-refractivity contribution in [3.63, 3.8) is 0 Å². The minimum Gasteiger partial charge on any atom is -0.504 e. The van der Waals surface area contributed by atoms with E-state index in [0.717, 1.165) is 74.3 Å². The fourth-order valence-electron chi connectivity index (χ4n) is 6.41. The third kappa shape index (κ3) is 9.21. The Morgan fingerprint density at radius 3 is 1.94 bits per heavy atom. The Kier molecular flexibility index (Phi) is 13.0. The van der Waals surface area contributed by atoms with Gasteiger partial charge in [0.1, 0.15) is 5.75 Å². The highest BCUT2D eigenvalue weighted by Crippen LogP contribution is 2.35. The SMILES string of the molecule is COC1=CCC2=C(CCNC2Cc2ccc(OC)c(O)c2)C1.COc1ccc2c(c1)CCNC2Cc1ccc(OC)c(O)c1.O=CO. The monoisotopic (exact) mass is 646 g/mol. The largest absolute Gasteiger partial charge is 0.504 e. The second-order valence-electron chi connectivity index (χ2n) is 11.5. The molecule has 0 aromatic heterocycles. The standard InChI is InChI=1S/C18H23NO3.C18H21NO3.CH2O2/c2*1-21-14-4-5-15-13(11-14)7-8-19-16(15)9-12-3-6-18(22-2)17(20)10-12;2-1-3/h3-4,6,10,16,19-20H,5,7-9,11H2,1-2H3;3-6,10-11,16,19-20H,7-9H2,1-2H3;1H,(H,2,3). The Balaban J connectivity index is 0.000000197. The quantitative estimate of drug-likeness (QED) is 0.158. The lowest BCUT2D eigenvalue weighted by molar-refractivity contribution is -0.122. The molecule has 5 N–H and O–H groups in total. The second-order valence-corrected chi connectivity index (χ2v) is 11.5. The number of aromatic hydroxyl groups is 2. The van der Waals surface area contributed by atoms with Gasteiger partial charge in [0.2, 0.25) is 0 Å². The number of phenolic OH excluding ortho intramolecular Hbond substituents is 2. The topological polar surface area (TPSA) is 139 Å². The van der Waals surface area contributed by atoms with Gasteiger partial charge in [-0.1, -0.05) is 23.8 Å². The van der Waals surface area contributed by atoms with E-state index < -0.39 is 0 Å². The maximum absolute atomic E-state index is 9.94. The van der Waals surface area contributed by atoms with Crippen molar-refractivity contribution in [2.75, 3.05) is 41.5 Å². The first kappa shape index (κ1) is 35.2. The highest BCUT2D eigenvalue weighted by Gasteiger charge is 2.26. The van der Waals surface area contributed by atoms with Crippen LogP contribution < -0.4 is 24.8 Å². The lowest BCUT2D eigenvalue weighted by atomic mass is 9.83. The zero-order valence-electron chi connectivity index (χ0n) is 27.5. The average molecular weight is 647 g/mol. The van der Waals surface area contributed by atoms with Crippen molar-refractivity contribution < 1.29 is 39.1 Å². The Morgan fingerprint density at radius 1 is 0.766 bits per heavy atom. The Bertz CT molecular complexity index is 1570. The van der Waals surface area contributed by atoms with Crippen molar-refractivity contribution in [3.05, 3.63) is 99.8 Å². The minimum absolute atomic E-state index is 0.186. The first-order chi connectivity index (χ1) is 22.8. The number of phenols is 2. The van der Waals surface area contributed by atoms with Crippen molar-refractivity contribution in [2.24, 2.45) is 0 Å². The maximum atomic E-state index is 9.94. The van der Waals surface area contributed by atoms with E-state index in [2.05, 4.69) is 28.8 Å². The first-order valence-corrected chi connectivity index (χ1v) is 15.7. The van der Waals surface area contributed by atoms with Gasteiger partial charge in [-0.15, -0.1) is 0 Å². The second kappa shape index (κ2) is 17.3. The number of methoxy groups -OCH3 is 4. The van der Waals surface area contributed by atoms with Crippen molar-refractivity contribution >= 4 is 6.47 Å². The number of ether oxygens (including phenoxy) is 4. The molecule has 6 rings (SSSR count). The van der Waals surface area contributed by atoms with Gasteiger partial charge < -0.3 is 44.9 Å². The smallest absolute Gasteiger partial charge is 0.290 e. The van der Waals surface area contributed by atoms with Crippen LogP contribution in [0.4, 0.5) is 0 Å². The molecule has 0 bridgehead atoms. The van der Waals surface area contributed by atoms with Crippen LogP contribution in [0.5, 0.6) is 28.7 Å². The molecule has 10 heteroatoms. The van der Waals surface area contributed by atoms with Gasteiger partial charge in [0.05, 0.1) is 34.2 Å².